The number of carbonyl (C=O) groups excluding carboxylic acids is 4. The van der Waals surface area contributed by atoms with E-state index in [4.69, 9.17) is 56.9 Å². The molecule has 0 amide bonds. The summed E-state index contributed by atoms with van der Waals surface area (Å²) < 4.78 is 39.5. The number of rotatable bonds is 12. The number of aromatic nitrogens is 8. The van der Waals surface area contributed by atoms with E-state index in [1.54, 1.807) is 35.1 Å². The molecular weight excluding hydrogens is 2630 g/mol. The van der Waals surface area contributed by atoms with Crippen molar-refractivity contribution in [2.24, 2.45) is 0 Å². The largest absolute Gasteiger partial charge is 0.512 e. The average molecular weight is 2730 g/mol. The van der Waals surface area contributed by atoms with Gasteiger partial charge in [-0.15, -0.1) is 94.5 Å². The van der Waals surface area contributed by atoms with Crippen molar-refractivity contribution in [1.82, 2.24) is 39.9 Å². The molecule has 22 nitrogen and oxygen atoms in total. The molecule has 0 saturated carbocycles. The fourth-order valence-corrected chi connectivity index (χ4v) is 19.0. The molecule has 0 aliphatic heterocycles. The van der Waals surface area contributed by atoms with Gasteiger partial charge in [-0.25, -0.2) is 19.9 Å². The van der Waals surface area contributed by atoms with Gasteiger partial charge in [0, 0.05) is 238 Å². The van der Waals surface area contributed by atoms with Crippen LogP contribution in [0.15, 0.2) is 353 Å². The van der Waals surface area contributed by atoms with E-state index in [0.717, 1.165) is 193 Å². The van der Waals surface area contributed by atoms with Crippen molar-refractivity contribution in [2.45, 2.75) is 96.9 Å². The van der Waals surface area contributed by atoms with Crippen LogP contribution in [0, 0.1) is 65.8 Å². The monoisotopic (exact) mass is 2730 g/mol. The van der Waals surface area contributed by atoms with Gasteiger partial charge in [-0.2, -0.15) is 0 Å². The van der Waals surface area contributed by atoms with E-state index in [0.29, 0.717) is 28.5 Å². The van der Waals surface area contributed by atoms with Crippen LogP contribution < -0.4 is 0 Å². The fraction of sp³-hybridized carbons (Fsp3) is 0.115. The Balaban J connectivity index is 0.000000152. The van der Waals surface area contributed by atoms with Gasteiger partial charge in [0.15, 0.2) is 23.1 Å². The smallest absolute Gasteiger partial charge is 0.216 e. The molecule has 0 unspecified atom stereocenters. The molecule has 0 bridgehead atoms. The van der Waals surface area contributed by atoms with Gasteiger partial charge in [0.05, 0.1) is 45.4 Å². The van der Waals surface area contributed by atoms with Crippen LogP contribution in [0.3, 0.4) is 0 Å². The number of ketones is 4. The number of aliphatic hydroxyl groups excluding tert-OH is 4. The van der Waals surface area contributed by atoms with Crippen molar-refractivity contribution in [3.05, 3.63) is 385 Å². The third kappa shape index (κ3) is 26.1. The van der Waals surface area contributed by atoms with E-state index in [1.165, 1.54) is 111 Å². The molecule has 24 aromatic rings. The molecule has 0 fully saturated rings. The summed E-state index contributed by atoms with van der Waals surface area (Å²) in [7, 11) is 0. The molecule has 4 radical (unpaired) electrons. The Hall–Kier alpha value is -15.4. The van der Waals surface area contributed by atoms with Crippen LogP contribution in [-0.4, -0.2) is 83.4 Å². The van der Waals surface area contributed by atoms with Crippen molar-refractivity contribution < 1.29 is 147 Å². The van der Waals surface area contributed by atoms with Crippen molar-refractivity contribution >= 4 is 176 Å². The maximum atomic E-state index is 10.0. The van der Waals surface area contributed by atoms with E-state index in [9.17, 15) is 19.2 Å². The SMILES string of the molecule is CC(=O)C=C(C)O.CC(=O)C=C(C)O.CC(=O)C=C(C)O.CC(=O)C=C(C)O.Cc1[c-]c(-c2nccc3cc(-c4ccccc4)oc23)c2oc3nc(C)ccc3c2c1.Cc1[c-]c(-c2nccc3cc(-c4ccccc4)sc23)c2oc3nc(C)ccc3c2c1.Cc1ccc2c(n1)oc1c(-c3nccc4cc(-c5ccccc5)oc34)[c-]ccc12.Cc1ccc2c(n1)oc1c(-c3nccc4cc(-c5ccccc5)sc34)[c-]ccc12.[Ir].[Ir].[Ir].[Ir]. The normalized spacial score (nSPS) is 11.3. The van der Waals surface area contributed by atoms with Crippen LogP contribution in [-0.2, 0) is 99.6 Å². The van der Waals surface area contributed by atoms with Crippen LogP contribution in [0.1, 0.15) is 89.3 Å². The summed E-state index contributed by atoms with van der Waals surface area (Å²) in [5.74, 6) is 1.37. The third-order valence-electron chi connectivity index (χ3n) is 22.7. The molecule has 760 valence electrons. The van der Waals surface area contributed by atoms with Crippen molar-refractivity contribution in [2.75, 3.05) is 0 Å². The maximum Gasteiger partial charge on any atom is 0.216 e. The number of aryl methyl sites for hydroxylation is 6. The van der Waals surface area contributed by atoms with Crippen molar-refractivity contribution in [3.63, 3.8) is 0 Å². The van der Waals surface area contributed by atoms with Gasteiger partial charge in [0.1, 0.15) is 22.7 Å². The summed E-state index contributed by atoms with van der Waals surface area (Å²) in [4.78, 5) is 79.5. The Labute approximate surface area is 925 Å². The molecule has 16 heterocycles. The first-order valence-electron chi connectivity index (χ1n) is 46.6. The van der Waals surface area contributed by atoms with Crippen LogP contribution in [0.2, 0.25) is 0 Å². The second-order valence-corrected chi connectivity index (χ2v) is 36.9. The van der Waals surface area contributed by atoms with E-state index in [2.05, 4.69) is 164 Å². The predicted molar refractivity (Wildman–Crippen MR) is 583 cm³/mol. The molecular formula is C122H96Ir4N8O14S2-4. The summed E-state index contributed by atoms with van der Waals surface area (Å²) in [5, 5.41) is 45.9. The number of fused-ring (bicyclic) bond motifs is 16. The van der Waals surface area contributed by atoms with E-state index in [-0.39, 0.29) is 127 Å². The quantitative estimate of drug-likeness (QED) is 0.0501. The first-order chi connectivity index (χ1) is 70.4. The first kappa shape index (κ1) is 112. The minimum absolute atomic E-state index is 0. The minimum Gasteiger partial charge on any atom is -0.512 e. The topological polar surface area (TPSA) is 331 Å². The van der Waals surface area contributed by atoms with Crippen LogP contribution >= 0.6 is 22.7 Å². The summed E-state index contributed by atoms with van der Waals surface area (Å²) in [6.07, 6.45) is 12.0. The Morgan fingerprint density at radius 1 is 0.280 bits per heavy atom. The molecule has 28 heteroatoms. The second kappa shape index (κ2) is 50.1. The summed E-state index contributed by atoms with van der Waals surface area (Å²) >= 11 is 3.51. The molecule has 0 aliphatic carbocycles. The van der Waals surface area contributed by atoms with Gasteiger partial charge >= 0.3 is 0 Å². The van der Waals surface area contributed by atoms with Gasteiger partial charge in [0.2, 0.25) is 22.9 Å². The van der Waals surface area contributed by atoms with E-state index in [1.807, 2.05) is 199 Å². The summed E-state index contributed by atoms with van der Waals surface area (Å²) in [6.45, 7) is 23.3. The number of nitrogens with zero attached hydrogens (tertiary/aromatic N) is 8. The molecule has 16 aromatic heterocycles. The number of hydrogen-bond donors (Lipinski definition) is 4. The fourth-order valence-electron chi connectivity index (χ4n) is 16.7. The molecule has 150 heavy (non-hydrogen) atoms. The number of allylic oxidation sites excluding steroid dienone is 8. The number of carbonyl (C=O) groups is 4. The average Bonchev–Trinajstić information content (AvgIpc) is 1.61. The molecule has 0 aliphatic rings. The van der Waals surface area contributed by atoms with Crippen molar-refractivity contribution in [3.8, 4) is 88.6 Å². The standard InChI is InChI=1S/C26H17N2O2.C26H17N2OS.C25H15N2O2.C25H15N2OS.4C5H8O2.4Ir/c1-15-12-20-19-9-8-16(2)28-26(19)30-25(20)21(13-15)23-24-18(10-11-27-23)14-22(29-24)17-6-4-3-5-7-17;1-15-12-20-19-9-8-16(2)28-26(19)29-24(20)21(13-15)23-25-18(10-11-27-23)14-22(30-25)17-6-4-3-5-7-17;1-15-10-11-19-18-8-5-9-20(24(18)29-25(19)27-15)22-23-17(12-13-26-22)14-21(28-23)16-6-3-2-4-7-16;1-15-10-11-19-18-8-5-9-20(23(18)28-25(19)27-15)22-24-17(12-13-26-22)14-21(29-24)16-6-3-2-4-7-16;4*1-4(6)3-5(2)7;;;;/h2*3-12,14H,1-2H3;2*2-8,10-14H,1H3;4*3,6H,1-2H3;;;;/q4*-1;;;;;;;;. The van der Waals surface area contributed by atoms with Gasteiger partial charge in [0.25, 0.3) is 0 Å². The Kier molecular flexibility index (Phi) is 37.3. The number of benzene rings is 8. The number of aliphatic hydroxyl groups is 4. The minimum atomic E-state index is -0.125. The van der Waals surface area contributed by atoms with Crippen LogP contribution in [0.5, 0.6) is 0 Å². The number of thiophene rings is 2. The number of furan rings is 6. The van der Waals surface area contributed by atoms with Crippen LogP contribution in [0.25, 0.3) is 219 Å². The number of hydrogen-bond acceptors (Lipinski definition) is 24. The number of pyridine rings is 8. The zero-order valence-electron chi connectivity index (χ0n) is 83.5. The zero-order chi connectivity index (χ0) is 103. The maximum absolute atomic E-state index is 10.0. The predicted octanol–water partition coefficient (Wildman–Crippen LogP) is 32.0. The second-order valence-electron chi connectivity index (χ2n) is 34.8. The summed E-state index contributed by atoms with van der Waals surface area (Å²) in [5.41, 5.74) is 23.9. The third-order valence-corrected chi connectivity index (χ3v) is 25.1. The van der Waals surface area contributed by atoms with Gasteiger partial charge in [-0.1, -0.05) is 179 Å². The van der Waals surface area contributed by atoms with E-state index >= 15 is 0 Å². The molecule has 0 atom stereocenters. The Morgan fingerprint density at radius 2 is 0.553 bits per heavy atom. The Bertz CT molecular complexity index is 8620. The van der Waals surface area contributed by atoms with Crippen molar-refractivity contribution in [1.29, 1.82) is 0 Å². The summed E-state index contributed by atoms with van der Waals surface area (Å²) in [6, 6.07) is 99.6. The first-order valence-corrected chi connectivity index (χ1v) is 48.2. The molecule has 8 aromatic carbocycles. The molecule has 4 N–H and O–H groups in total. The van der Waals surface area contributed by atoms with Gasteiger partial charge < -0.3 is 66.9 Å². The van der Waals surface area contributed by atoms with Crippen LogP contribution in [0.4, 0.5) is 0 Å². The molecule has 0 spiro atoms. The zero-order valence-corrected chi connectivity index (χ0v) is 94.7. The molecule has 24 rings (SSSR count). The Morgan fingerprint density at radius 3 is 0.867 bits per heavy atom. The van der Waals surface area contributed by atoms with E-state index < -0.39 is 0 Å². The van der Waals surface area contributed by atoms with Gasteiger partial charge in [-0.3, -0.25) is 19.2 Å². The molecule has 0 saturated heterocycles. The van der Waals surface area contributed by atoms with Gasteiger partial charge in [-0.05, 0) is 202 Å².